The molecule has 1 amide bonds. The third-order valence-electron chi connectivity index (χ3n) is 5.30. The van der Waals surface area contributed by atoms with Crippen LogP contribution in [0.1, 0.15) is 58.6 Å². The lowest BCUT2D eigenvalue weighted by Gasteiger charge is -2.20. The van der Waals surface area contributed by atoms with Crippen LogP contribution < -0.4 is 5.32 Å². The first-order valence-corrected chi connectivity index (χ1v) is 11.6. The summed E-state index contributed by atoms with van der Waals surface area (Å²) in [5.74, 6) is -0.506. The molecule has 0 saturated heterocycles. The third kappa shape index (κ3) is 4.32. The minimum absolute atomic E-state index is 0.0379. The first-order valence-electron chi connectivity index (χ1n) is 9.81. The zero-order valence-electron chi connectivity index (χ0n) is 16.1. The third-order valence-corrected chi connectivity index (χ3v) is 7.35. The smallest absolute Gasteiger partial charge is 0.316 e. The molecule has 2 heterocycles. The van der Waals surface area contributed by atoms with E-state index in [1.165, 1.54) is 11.3 Å². The maximum Gasteiger partial charge on any atom is 0.433 e. The van der Waals surface area contributed by atoms with Crippen LogP contribution in [0.25, 0.3) is 0 Å². The summed E-state index contributed by atoms with van der Waals surface area (Å²) in [5.41, 5.74) is 1.27. The normalized spacial score (nSPS) is 15.8. The molecule has 0 atom stereocenters. The number of halogens is 3. The van der Waals surface area contributed by atoms with Gasteiger partial charge in [-0.3, -0.25) is 4.79 Å². The van der Waals surface area contributed by atoms with Crippen LogP contribution in [0.2, 0.25) is 0 Å². The summed E-state index contributed by atoms with van der Waals surface area (Å²) >= 11 is 2.30. The van der Waals surface area contributed by atoms with E-state index in [4.69, 9.17) is 0 Å². The SMILES string of the molecule is N#Cc1c(NC(=O)CSc2nc3c(c(C(F)(F)F)n2)CCCC3)sc2c1CCCC2. The van der Waals surface area contributed by atoms with Crippen molar-refractivity contribution in [1.29, 1.82) is 5.26 Å². The van der Waals surface area contributed by atoms with E-state index in [1.807, 2.05) is 0 Å². The number of nitrogens with one attached hydrogen (secondary N) is 1. The highest BCUT2D eigenvalue weighted by Crippen LogP contribution is 2.38. The van der Waals surface area contributed by atoms with Gasteiger partial charge in [-0.15, -0.1) is 11.3 Å². The van der Waals surface area contributed by atoms with Gasteiger partial charge in [0.15, 0.2) is 10.9 Å². The Kier molecular flexibility index (Phi) is 6.02. The summed E-state index contributed by atoms with van der Waals surface area (Å²) in [6.45, 7) is 0. The number of thiophene rings is 1. The van der Waals surface area contributed by atoms with Crippen LogP contribution in [0.4, 0.5) is 18.2 Å². The Balaban J connectivity index is 1.48. The Morgan fingerprint density at radius 3 is 2.53 bits per heavy atom. The molecule has 2 aromatic heterocycles. The molecule has 0 bridgehead atoms. The predicted octanol–water partition coefficient (Wildman–Crippen LogP) is 4.92. The van der Waals surface area contributed by atoms with Crippen LogP contribution in [0, 0.1) is 11.3 Å². The van der Waals surface area contributed by atoms with Gasteiger partial charge in [-0.05, 0) is 56.9 Å². The van der Waals surface area contributed by atoms with Gasteiger partial charge in [0, 0.05) is 16.1 Å². The highest BCUT2D eigenvalue weighted by atomic mass is 32.2. The molecule has 2 aliphatic rings. The van der Waals surface area contributed by atoms with Crippen molar-refractivity contribution in [3.8, 4) is 6.07 Å². The predicted molar refractivity (Wildman–Crippen MR) is 109 cm³/mol. The molecule has 2 aliphatic carbocycles. The lowest BCUT2D eigenvalue weighted by molar-refractivity contribution is -0.142. The van der Waals surface area contributed by atoms with Crippen molar-refractivity contribution >= 4 is 34.0 Å². The van der Waals surface area contributed by atoms with Gasteiger partial charge in [0.2, 0.25) is 5.91 Å². The summed E-state index contributed by atoms with van der Waals surface area (Å²) < 4.78 is 40.3. The number of thioether (sulfide) groups is 1. The quantitative estimate of drug-likeness (QED) is 0.526. The van der Waals surface area contributed by atoms with Gasteiger partial charge in [0.1, 0.15) is 11.1 Å². The molecule has 0 saturated carbocycles. The molecule has 30 heavy (non-hydrogen) atoms. The Hall–Kier alpha value is -2.12. The molecule has 2 aromatic rings. The van der Waals surface area contributed by atoms with E-state index in [-0.39, 0.29) is 22.4 Å². The first-order chi connectivity index (χ1) is 14.4. The molecule has 0 fully saturated rings. The van der Waals surface area contributed by atoms with E-state index in [2.05, 4.69) is 21.4 Å². The van der Waals surface area contributed by atoms with E-state index in [0.717, 1.165) is 54.3 Å². The average Bonchev–Trinajstić information content (AvgIpc) is 3.07. The number of aryl methyl sites for hydroxylation is 2. The van der Waals surface area contributed by atoms with Gasteiger partial charge < -0.3 is 5.32 Å². The molecule has 158 valence electrons. The number of carbonyl (C=O) groups is 1. The highest BCUT2D eigenvalue weighted by Gasteiger charge is 2.38. The number of aromatic nitrogens is 2. The molecule has 0 aromatic carbocycles. The molecule has 0 aliphatic heterocycles. The van der Waals surface area contributed by atoms with Gasteiger partial charge in [-0.1, -0.05) is 11.8 Å². The topological polar surface area (TPSA) is 78.7 Å². The lowest BCUT2D eigenvalue weighted by Crippen LogP contribution is -2.20. The van der Waals surface area contributed by atoms with Gasteiger partial charge in [0.25, 0.3) is 0 Å². The number of alkyl halides is 3. The van der Waals surface area contributed by atoms with Gasteiger partial charge in [-0.2, -0.15) is 18.4 Å². The molecule has 4 rings (SSSR count). The molecular weight excluding hydrogens is 433 g/mol. The highest BCUT2D eigenvalue weighted by molar-refractivity contribution is 7.99. The number of fused-ring (bicyclic) bond motifs is 2. The first kappa shape index (κ1) is 21.1. The van der Waals surface area contributed by atoms with E-state index < -0.39 is 11.9 Å². The maximum atomic E-state index is 13.4. The number of hydrogen-bond donors (Lipinski definition) is 1. The van der Waals surface area contributed by atoms with Crippen LogP contribution in [0.3, 0.4) is 0 Å². The summed E-state index contributed by atoms with van der Waals surface area (Å²) in [6.07, 6.45) is 1.61. The monoisotopic (exact) mass is 452 g/mol. The van der Waals surface area contributed by atoms with E-state index in [9.17, 15) is 23.2 Å². The Morgan fingerprint density at radius 1 is 1.10 bits per heavy atom. The van der Waals surface area contributed by atoms with Crippen LogP contribution in [0.5, 0.6) is 0 Å². The van der Waals surface area contributed by atoms with Crippen LogP contribution >= 0.6 is 23.1 Å². The lowest BCUT2D eigenvalue weighted by atomic mass is 9.94. The minimum atomic E-state index is -4.54. The molecular formula is C20H19F3N4OS2. The Bertz CT molecular complexity index is 1030. The van der Waals surface area contributed by atoms with Gasteiger partial charge >= 0.3 is 6.18 Å². The zero-order valence-corrected chi connectivity index (χ0v) is 17.7. The molecule has 10 heteroatoms. The largest absolute Gasteiger partial charge is 0.433 e. The van der Waals surface area contributed by atoms with E-state index in [0.29, 0.717) is 35.5 Å². The molecule has 0 spiro atoms. The zero-order chi connectivity index (χ0) is 21.3. The second-order valence-corrected chi connectivity index (χ2v) is 9.40. The second kappa shape index (κ2) is 8.55. The van der Waals surface area contributed by atoms with Crippen molar-refractivity contribution < 1.29 is 18.0 Å². The minimum Gasteiger partial charge on any atom is -0.316 e. The van der Waals surface area contributed by atoms with Gasteiger partial charge in [0.05, 0.1) is 11.3 Å². The summed E-state index contributed by atoms with van der Waals surface area (Å²) in [6, 6.07) is 2.18. The van der Waals surface area contributed by atoms with Crippen LogP contribution in [0.15, 0.2) is 5.16 Å². The number of anilines is 1. The molecule has 1 N–H and O–H groups in total. The Morgan fingerprint density at radius 2 is 1.80 bits per heavy atom. The number of nitrogens with zero attached hydrogens (tertiary/aromatic N) is 3. The van der Waals surface area contributed by atoms with Gasteiger partial charge in [-0.25, -0.2) is 9.97 Å². The van der Waals surface area contributed by atoms with Crippen LogP contribution in [-0.4, -0.2) is 21.6 Å². The number of nitriles is 1. The van der Waals surface area contributed by atoms with Crippen molar-refractivity contribution in [2.45, 2.75) is 62.7 Å². The van der Waals surface area contributed by atoms with Crippen molar-refractivity contribution in [2.24, 2.45) is 0 Å². The standard InChI is InChI=1S/C20H19F3N4OS2/c21-20(22,23)17-12-6-1-3-7-14(12)25-19(27-17)29-10-16(28)26-18-13(9-24)11-5-2-4-8-15(11)30-18/h1-8,10H2,(H,26,28). The average molecular weight is 453 g/mol. The Labute approximate surface area is 180 Å². The van der Waals surface area contributed by atoms with Crippen molar-refractivity contribution in [2.75, 3.05) is 11.1 Å². The van der Waals surface area contributed by atoms with Crippen molar-refractivity contribution in [1.82, 2.24) is 9.97 Å². The van der Waals surface area contributed by atoms with E-state index >= 15 is 0 Å². The fourth-order valence-corrected chi connectivity index (χ4v) is 5.85. The molecule has 0 radical (unpaired) electrons. The number of amides is 1. The molecule has 0 unspecified atom stereocenters. The summed E-state index contributed by atoms with van der Waals surface area (Å²) in [7, 11) is 0. The second-order valence-electron chi connectivity index (χ2n) is 7.35. The van der Waals surface area contributed by atoms with E-state index in [1.54, 1.807) is 0 Å². The number of carbonyl (C=O) groups excluding carboxylic acids is 1. The van der Waals surface area contributed by atoms with Crippen LogP contribution in [-0.2, 0) is 36.7 Å². The molecule has 5 nitrogen and oxygen atoms in total. The van der Waals surface area contributed by atoms with Crippen molar-refractivity contribution in [3.05, 3.63) is 33.0 Å². The fraction of sp³-hybridized carbons (Fsp3) is 0.500. The summed E-state index contributed by atoms with van der Waals surface area (Å²) in [4.78, 5) is 21.6. The summed E-state index contributed by atoms with van der Waals surface area (Å²) in [5, 5.41) is 12.7. The number of rotatable bonds is 4. The fourth-order valence-electron chi connectivity index (χ4n) is 3.94. The maximum absolute atomic E-state index is 13.4. The number of hydrogen-bond acceptors (Lipinski definition) is 6. The van der Waals surface area contributed by atoms with Crippen molar-refractivity contribution in [3.63, 3.8) is 0 Å².